The number of aromatic nitrogens is 1. The van der Waals surface area contributed by atoms with Crippen molar-refractivity contribution >= 4 is 17.4 Å². The molecule has 1 aromatic heterocycles. The van der Waals surface area contributed by atoms with E-state index >= 15 is 0 Å². The average Bonchev–Trinajstić information content (AvgIpc) is 2.72. The van der Waals surface area contributed by atoms with Crippen molar-refractivity contribution in [2.24, 2.45) is 7.05 Å². The molecule has 4 heteroatoms. The van der Waals surface area contributed by atoms with E-state index in [1.807, 2.05) is 19.3 Å². The first-order chi connectivity index (χ1) is 8.16. The fraction of sp³-hybridized carbons (Fsp3) is 0.154. The van der Waals surface area contributed by atoms with Crippen LogP contribution in [0.5, 0.6) is 5.75 Å². The van der Waals surface area contributed by atoms with E-state index in [4.69, 9.17) is 16.3 Å². The molecule has 2 rings (SSSR count). The normalized spacial score (nSPS) is 10.2. The van der Waals surface area contributed by atoms with Crippen LogP contribution in [0, 0.1) is 0 Å². The van der Waals surface area contributed by atoms with E-state index in [0.717, 1.165) is 0 Å². The van der Waals surface area contributed by atoms with Gasteiger partial charge in [-0.15, -0.1) is 0 Å². The van der Waals surface area contributed by atoms with E-state index in [-0.39, 0.29) is 12.4 Å². The second-order valence-corrected chi connectivity index (χ2v) is 4.11. The summed E-state index contributed by atoms with van der Waals surface area (Å²) >= 11 is 5.82. The maximum atomic E-state index is 11.8. The van der Waals surface area contributed by atoms with Gasteiger partial charge in [-0.1, -0.05) is 17.7 Å². The molecular formula is C13H12ClNO2. The number of rotatable bonds is 4. The van der Waals surface area contributed by atoms with E-state index in [1.165, 1.54) is 0 Å². The van der Waals surface area contributed by atoms with Crippen molar-refractivity contribution in [1.29, 1.82) is 0 Å². The SMILES string of the molecule is Cn1cccc1C(=O)COc1cccc(Cl)c1. The summed E-state index contributed by atoms with van der Waals surface area (Å²) in [4.78, 5) is 11.8. The summed E-state index contributed by atoms with van der Waals surface area (Å²) in [5, 5.41) is 0.591. The highest BCUT2D eigenvalue weighted by Gasteiger charge is 2.09. The summed E-state index contributed by atoms with van der Waals surface area (Å²) in [6.45, 7) is 0.0121. The Labute approximate surface area is 105 Å². The van der Waals surface area contributed by atoms with Crippen molar-refractivity contribution in [2.45, 2.75) is 0 Å². The summed E-state index contributed by atoms with van der Waals surface area (Å²) in [7, 11) is 1.83. The van der Waals surface area contributed by atoms with Gasteiger partial charge in [0.25, 0.3) is 0 Å². The van der Waals surface area contributed by atoms with Crippen LogP contribution < -0.4 is 4.74 Å². The van der Waals surface area contributed by atoms with Gasteiger partial charge in [-0.25, -0.2) is 0 Å². The molecule has 3 nitrogen and oxygen atoms in total. The maximum absolute atomic E-state index is 11.8. The highest BCUT2D eigenvalue weighted by Crippen LogP contribution is 2.17. The van der Waals surface area contributed by atoms with E-state index in [0.29, 0.717) is 16.5 Å². The molecule has 2 aromatic rings. The highest BCUT2D eigenvalue weighted by molar-refractivity contribution is 6.30. The Hall–Kier alpha value is -1.74. The molecule has 0 fully saturated rings. The molecule has 0 bridgehead atoms. The summed E-state index contributed by atoms with van der Waals surface area (Å²) in [6, 6.07) is 10.6. The summed E-state index contributed by atoms with van der Waals surface area (Å²) in [5.41, 5.74) is 0.632. The van der Waals surface area contributed by atoms with Crippen molar-refractivity contribution in [3.8, 4) is 5.75 Å². The number of carbonyl (C=O) groups excluding carboxylic acids is 1. The van der Waals surface area contributed by atoms with Gasteiger partial charge < -0.3 is 9.30 Å². The predicted molar refractivity (Wildman–Crippen MR) is 66.7 cm³/mol. The number of aryl methyl sites for hydroxylation is 1. The average molecular weight is 250 g/mol. The summed E-state index contributed by atoms with van der Waals surface area (Å²) in [6.07, 6.45) is 1.83. The lowest BCUT2D eigenvalue weighted by molar-refractivity contribution is 0.0913. The van der Waals surface area contributed by atoms with E-state index in [1.54, 1.807) is 34.9 Å². The van der Waals surface area contributed by atoms with Gasteiger partial charge in [0.1, 0.15) is 5.75 Å². The van der Waals surface area contributed by atoms with E-state index in [9.17, 15) is 4.79 Å². The molecule has 0 N–H and O–H groups in total. The van der Waals surface area contributed by atoms with Gasteiger partial charge in [-0.05, 0) is 30.3 Å². The Bertz CT molecular complexity index is 534. The Kier molecular flexibility index (Phi) is 3.49. The number of halogens is 1. The maximum Gasteiger partial charge on any atom is 0.216 e. The molecule has 0 atom stereocenters. The Morgan fingerprint density at radius 1 is 1.35 bits per heavy atom. The standard InChI is InChI=1S/C13H12ClNO2/c1-15-7-3-6-12(15)13(16)9-17-11-5-2-4-10(14)8-11/h2-8H,9H2,1H3. The Balaban J connectivity index is 1.99. The van der Waals surface area contributed by atoms with Gasteiger partial charge in [-0.2, -0.15) is 0 Å². The first kappa shape index (κ1) is 11.7. The molecule has 1 heterocycles. The van der Waals surface area contributed by atoms with Crippen molar-refractivity contribution in [2.75, 3.05) is 6.61 Å². The molecule has 1 aromatic carbocycles. The van der Waals surface area contributed by atoms with Crippen molar-refractivity contribution in [1.82, 2.24) is 4.57 Å². The topological polar surface area (TPSA) is 31.2 Å². The molecule has 0 radical (unpaired) electrons. The fourth-order valence-corrected chi connectivity index (χ4v) is 1.71. The molecule has 0 unspecified atom stereocenters. The lowest BCUT2D eigenvalue weighted by Crippen LogP contribution is -2.14. The smallest absolute Gasteiger partial charge is 0.216 e. The van der Waals surface area contributed by atoms with Crippen LogP contribution in [0.2, 0.25) is 5.02 Å². The first-order valence-corrected chi connectivity index (χ1v) is 5.57. The van der Waals surface area contributed by atoms with E-state index < -0.39 is 0 Å². The summed E-state index contributed by atoms with van der Waals surface area (Å²) in [5.74, 6) is 0.539. The number of carbonyl (C=O) groups is 1. The monoisotopic (exact) mass is 249 g/mol. The van der Waals surface area contributed by atoms with E-state index in [2.05, 4.69) is 0 Å². The molecule has 0 saturated carbocycles. The first-order valence-electron chi connectivity index (χ1n) is 5.20. The van der Waals surface area contributed by atoms with Crippen LogP contribution >= 0.6 is 11.6 Å². The minimum Gasteiger partial charge on any atom is -0.485 e. The van der Waals surface area contributed by atoms with Crippen LogP contribution in [0.15, 0.2) is 42.6 Å². The second-order valence-electron chi connectivity index (χ2n) is 3.67. The zero-order chi connectivity index (χ0) is 12.3. The van der Waals surface area contributed by atoms with Crippen LogP contribution in [0.4, 0.5) is 0 Å². The number of Topliss-reactive ketones (excluding diaryl/α,β-unsaturated/α-hetero) is 1. The Morgan fingerprint density at radius 2 is 2.18 bits per heavy atom. The second kappa shape index (κ2) is 5.06. The van der Waals surface area contributed by atoms with Crippen LogP contribution in [0.3, 0.4) is 0 Å². The highest BCUT2D eigenvalue weighted by atomic mass is 35.5. The third-order valence-electron chi connectivity index (χ3n) is 2.40. The van der Waals surface area contributed by atoms with Crippen molar-refractivity contribution in [3.63, 3.8) is 0 Å². The molecule has 0 spiro atoms. The van der Waals surface area contributed by atoms with Crippen molar-refractivity contribution in [3.05, 3.63) is 53.3 Å². The van der Waals surface area contributed by atoms with Crippen molar-refractivity contribution < 1.29 is 9.53 Å². The van der Waals surface area contributed by atoms with Gasteiger partial charge in [0.05, 0.1) is 5.69 Å². The fourth-order valence-electron chi connectivity index (χ4n) is 1.53. The van der Waals surface area contributed by atoms with Gasteiger partial charge in [0.15, 0.2) is 6.61 Å². The number of ether oxygens (including phenoxy) is 1. The molecular weight excluding hydrogens is 238 g/mol. The number of nitrogens with zero attached hydrogens (tertiary/aromatic N) is 1. The lowest BCUT2D eigenvalue weighted by Gasteiger charge is -2.06. The quantitative estimate of drug-likeness (QED) is 0.780. The summed E-state index contributed by atoms with van der Waals surface area (Å²) < 4.78 is 7.15. The largest absolute Gasteiger partial charge is 0.485 e. The molecule has 0 aliphatic carbocycles. The third-order valence-corrected chi connectivity index (χ3v) is 2.63. The molecule has 0 aliphatic heterocycles. The Morgan fingerprint density at radius 3 is 2.82 bits per heavy atom. The predicted octanol–water partition coefficient (Wildman–Crippen LogP) is 2.94. The number of hydrogen-bond acceptors (Lipinski definition) is 2. The van der Waals surface area contributed by atoms with Crippen LogP contribution in [0.25, 0.3) is 0 Å². The van der Waals surface area contributed by atoms with Crippen LogP contribution in [-0.4, -0.2) is 17.0 Å². The number of ketones is 1. The van der Waals surface area contributed by atoms with Gasteiger partial charge >= 0.3 is 0 Å². The molecule has 88 valence electrons. The molecule has 0 aliphatic rings. The minimum atomic E-state index is -0.0579. The molecule has 17 heavy (non-hydrogen) atoms. The lowest BCUT2D eigenvalue weighted by atomic mass is 10.3. The van der Waals surface area contributed by atoms with Gasteiger partial charge in [0.2, 0.25) is 5.78 Å². The van der Waals surface area contributed by atoms with Crippen LogP contribution in [-0.2, 0) is 7.05 Å². The number of benzene rings is 1. The minimum absolute atomic E-state index is 0.0121. The van der Waals surface area contributed by atoms with Crippen LogP contribution in [0.1, 0.15) is 10.5 Å². The zero-order valence-corrected chi connectivity index (χ0v) is 10.1. The number of hydrogen-bond donors (Lipinski definition) is 0. The molecule has 0 saturated heterocycles. The van der Waals surface area contributed by atoms with Gasteiger partial charge in [0, 0.05) is 18.3 Å². The van der Waals surface area contributed by atoms with Gasteiger partial charge in [-0.3, -0.25) is 4.79 Å². The zero-order valence-electron chi connectivity index (χ0n) is 9.39. The molecule has 0 amide bonds. The third kappa shape index (κ3) is 2.88.